The minimum atomic E-state index is 1.05. The minimum absolute atomic E-state index is 1.05. The van der Waals surface area contributed by atoms with E-state index in [2.05, 4.69) is 13.8 Å². The van der Waals surface area contributed by atoms with Crippen molar-refractivity contribution in [3.05, 3.63) is 0 Å². The third-order valence-corrected chi connectivity index (χ3v) is 3.93. The minimum Gasteiger partial charge on any atom is -0.0651 e. The molecule has 3 rings (SSSR count). The Morgan fingerprint density at radius 1 is 1.30 bits per heavy atom. The quantitative estimate of drug-likeness (QED) is 0.522. The fraction of sp³-hybridized carbons (Fsp3) is 1.00. The van der Waals surface area contributed by atoms with Gasteiger partial charge in [-0.3, -0.25) is 0 Å². The van der Waals surface area contributed by atoms with Crippen LogP contribution in [0.5, 0.6) is 0 Å². The predicted octanol–water partition coefficient (Wildman–Crippen LogP) is 3.08. The van der Waals surface area contributed by atoms with Crippen molar-refractivity contribution in [2.24, 2.45) is 23.7 Å². The van der Waals surface area contributed by atoms with E-state index >= 15 is 0 Å². The summed E-state index contributed by atoms with van der Waals surface area (Å²) in [6.45, 7) is 4.81. The van der Waals surface area contributed by atoms with Crippen LogP contribution in [0.3, 0.4) is 0 Å². The second-order valence-corrected chi connectivity index (χ2v) is 4.29. The number of rotatable bonds is 1. The van der Waals surface area contributed by atoms with Gasteiger partial charge in [0.05, 0.1) is 0 Å². The van der Waals surface area contributed by atoms with E-state index in [1.807, 2.05) is 0 Å². The van der Waals surface area contributed by atoms with Crippen LogP contribution in [0.25, 0.3) is 0 Å². The lowest BCUT2D eigenvalue weighted by molar-refractivity contribution is -0.0298. The van der Waals surface area contributed by atoms with Crippen LogP contribution in [0, 0.1) is 23.7 Å². The van der Waals surface area contributed by atoms with Crippen LogP contribution in [0.2, 0.25) is 0 Å². The van der Waals surface area contributed by atoms with E-state index in [1.165, 1.54) is 19.3 Å². The van der Waals surface area contributed by atoms with Crippen LogP contribution in [0.4, 0.5) is 0 Å². The van der Waals surface area contributed by atoms with Gasteiger partial charge in [-0.1, -0.05) is 26.7 Å². The molecule has 0 heteroatoms. The zero-order valence-electron chi connectivity index (χ0n) is 7.14. The van der Waals surface area contributed by atoms with Gasteiger partial charge in [0.2, 0.25) is 0 Å². The Bertz CT molecular complexity index is 124. The van der Waals surface area contributed by atoms with Gasteiger partial charge >= 0.3 is 0 Å². The second-order valence-electron chi connectivity index (χ2n) is 4.29. The monoisotopic (exact) mass is 138 g/mol. The molecular weight excluding hydrogens is 120 g/mol. The zero-order valence-corrected chi connectivity index (χ0v) is 7.14. The molecule has 0 aromatic carbocycles. The highest BCUT2D eigenvalue weighted by atomic mass is 14.5. The normalized spacial score (nSPS) is 52.2. The van der Waals surface area contributed by atoms with Crippen molar-refractivity contribution < 1.29 is 0 Å². The van der Waals surface area contributed by atoms with Crippen LogP contribution >= 0.6 is 0 Å². The Hall–Kier alpha value is 0. The molecule has 0 aromatic heterocycles. The highest BCUT2D eigenvalue weighted by Crippen LogP contribution is 2.54. The average Bonchev–Trinajstić information content (AvgIpc) is 1.87. The Morgan fingerprint density at radius 3 is 2.50 bits per heavy atom. The molecule has 0 aromatic rings. The van der Waals surface area contributed by atoms with Crippen molar-refractivity contribution in [3.63, 3.8) is 0 Å². The molecule has 0 saturated heterocycles. The first-order chi connectivity index (χ1) is 4.83. The Balaban J connectivity index is 2.01. The van der Waals surface area contributed by atoms with Crippen molar-refractivity contribution in [3.8, 4) is 0 Å². The summed E-state index contributed by atoms with van der Waals surface area (Å²) >= 11 is 0. The zero-order chi connectivity index (χ0) is 7.14. The topological polar surface area (TPSA) is 0 Å². The van der Waals surface area contributed by atoms with Gasteiger partial charge in [-0.05, 0) is 36.5 Å². The molecule has 3 aliphatic carbocycles. The van der Waals surface area contributed by atoms with Crippen molar-refractivity contribution >= 4 is 0 Å². The Morgan fingerprint density at radius 2 is 2.10 bits per heavy atom. The van der Waals surface area contributed by atoms with E-state index < -0.39 is 0 Å². The van der Waals surface area contributed by atoms with Crippen LogP contribution in [-0.4, -0.2) is 0 Å². The summed E-state index contributed by atoms with van der Waals surface area (Å²) in [5, 5.41) is 0. The van der Waals surface area contributed by atoms with E-state index in [-0.39, 0.29) is 0 Å². The predicted molar refractivity (Wildman–Crippen MR) is 43.8 cm³/mol. The maximum atomic E-state index is 2.45. The van der Waals surface area contributed by atoms with Crippen molar-refractivity contribution in [1.82, 2.24) is 0 Å². The number of fused-ring (bicyclic) bond motifs is 2. The molecule has 0 N–H and O–H groups in total. The Kier molecular flexibility index (Phi) is 1.51. The number of hydrogen-bond acceptors (Lipinski definition) is 0. The fourth-order valence-corrected chi connectivity index (χ4v) is 3.17. The van der Waals surface area contributed by atoms with E-state index in [4.69, 9.17) is 0 Å². The molecular formula is C10H18. The third kappa shape index (κ3) is 0.741. The smallest absolute Gasteiger partial charge is 0.0355 e. The first-order valence-corrected chi connectivity index (χ1v) is 4.83. The van der Waals surface area contributed by atoms with Gasteiger partial charge in [-0.2, -0.15) is 0 Å². The van der Waals surface area contributed by atoms with Crippen LogP contribution in [0.1, 0.15) is 39.5 Å². The fourth-order valence-electron chi connectivity index (χ4n) is 3.17. The summed E-state index contributed by atoms with van der Waals surface area (Å²) in [4.78, 5) is 0. The van der Waals surface area contributed by atoms with Gasteiger partial charge in [0.1, 0.15) is 0 Å². The summed E-state index contributed by atoms with van der Waals surface area (Å²) < 4.78 is 0. The molecule has 0 amide bonds. The Labute approximate surface area is 64.0 Å². The molecule has 4 atom stereocenters. The molecule has 0 radical (unpaired) electrons. The molecule has 3 saturated carbocycles. The van der Waals surface area contributed by atoms with Gasteiger partial charge in [-0.25, -0.2) is 0 Å². The largest absolute Gasteiger partial charge is 0.0651 e. The summed E-state index contributed by atoms with van der Waals surface area (Å²) in [7, 11) is 0. The van der Waals surface area contributed by atoms with Crippen molar-refractivity contribution in [2.45, 2.75) is 39.5 Å². The van der Waals surface area contributed by atoms with E-state index in [1.54, 1.807) is 6.42 Å². The van der Waals surface area contributed by atoms with Gasteiger partial charge in [0.15, 0.2) is 0 Å². The van der Waals surface area contributed by atoms with Crippen molar-refractivity contribution in [2.75, 3.05) is 0 Å². The molecule has 3 aliphatic rings. The molecule has 0 nitrogen and oxygen atoms in total. The summed E-state index contributed by atoms with van der Waals surface area (Å²) in [6, 6.07) is 0. The first kappa shape index (κ1) is 6.69. The van der Waals surface area contributed by atoms with Crippen LogP contribution < -0.4 is 0 Å². The molecule has 0 aliphatic heterocycles. The number of hydrogen-bond donors (Lipinski definition) is 0. The molecule has 2 bridgehead atoms. The van der Waals surface area contributed by atoms with E-state index in [0.29, 0.717) is 0 Å². The average molecular weight is 138 g/mol. The molecule has 58 valence electrons. The van der Waals surface area contributed by atoms with E-state index in [0.717, 1.165) is 23.7 Å². The van der Waals surface area contributed by atoms with Crippen LogP contribution in [0.15, 0.2) is 0 Å². The SMILES string of the molecule is CCC1C2CCC(C)C1C2. The molecule has 0 spiro atoms. The second kappa shape index (κ2) is 2.25. The van der Waals surface area contributed by atoms with E-state index in [9.17, 15) is 0 Å². The highest BCUT2D eigenvalue weighted by Gasteiger charge is 2.45. The first-order valence-electron chi connectivity index (χ1n) is 4.83. The van der Waals surface area contributed by atoms with Crippen LogP contribution in [-0.2, 0) is 0 Å². The van der Waals surface area contributed by atoms with Gasteiger partial charge in [-0.15, -0.1) is 0 Å². The maximum Gasteiger partial charge on any atom is -0.0355 e. The molecule has 10 heavy (non-hydrogen) atoms. The summed E-state index contributed by atoms with van der Waals surface area (Å²) in [5.41, 5.74) is 0. The third-order valence-electron chi connectivity index (χ3n) is 3.93. The molecule has 3 fully saturated rings. The lowest BCUT2D eigenvalue weighted by Crippen LogP contribution is -2.44. The molecule has 0 heterocycles. The lowest BCUT2D eigenvalue weighted by Gasteiger charge is -2.53. The summed E-state index contributed by atoms with van der Waals surface area (Å²) in [6.07, 6.45) is 6.07. The van der Waals surface area contributed by atoms with Gasteiger partial charge in [0.25, 0.3) is 0 Å². The standard InChI is InChI=1S/C10H18/c1-3-9-8-5-4-7(2)10(9)6-8/h7-10H,3-6H2,1-2H3. The van der Waals surface area contributed by atoms with Gasteiger partial charge in [0, 0.05) is 0 Å². The maximum absolute atomic E-state index is 2.45. The molecule has 4 unspecified atom stereocenters. The van der Waals surface area contributed by atoms with Crippen molar-refractivity contribution in [1.29, 1.82) is 0 Å². The lowest BCUT2D eigenvalue weighted by atomic mass is 9.53. The van der Waals surface area contributed by atoms with Gasteiger partial charge < -0.3 is 0 Å². The summed E-state index contributed by atoms with van der Waals surface area (Å²) in [5.74, 6) is 4.45. The highest BCUT2D eigenvalue weighted by molar-refractivity contribution is 4.95.